The Morgan fingerprint density at radius 3 is 2.36 bits per heavy atom. The van der Waals surface area contributed by atoms with Crippen molar-refractivity contribution < 1.29 is 0 Å². The van der Waals surface area contributed by atoms with E-state index < -0.39 is 0 Å². The first-order valence-electron chi connectivity index (χ1n) is 9.53. The van der Waals surface area contributed by atoms with E-state index in [1.165, 1.54) is 44.5 Å². The van der Waals surface area contributed by atoms with Gasteiger partial charge in [-0.1, -0.05) is 12.1 Å². The minimum absolute atomic E-state index is 0.556. The third kappa shape index (κ3) is 3.84. The van der Waals surface area contributed by atoms with Crippen molar-refractivity contribution in [3.8, 4) is 0 Å². The van der Waals surface area contributed by atoms with Gasteiger partial charge in [0.2, 0.25) is 0 Å². The first kappa shape index (κ1) is 16.5. The van der Waals surface area contributed by atoms with Crippen LogP contribution in [0.15, 0.2) is 42.6 Å². The van der Waals surface area contributed by atoms with Gasteiger partial charge in [0.15, 0.2) is 0 Å². The van der Waals surface area contributed by atoms with Crippen LogP contribution in [0.1, 0.15) is 37.1 Å². The van der Waals surface area contributed by atoms with Gasteiger partial charge in [-0.05, 0) is 75.4 Å². The van der Waals surface area contributed by atoms with Crippen molar-refractivity contribution in [2.45, 2.75) is 39.2 Å². The highest BCUT2D eigenvalue weighted by Crippen LogP contribution is 2.42. The SMILES string of the molecule is Cc1cccc(N2CCC3(CCN(Cc4ccccn4)CC3)CC2)n1. The van der Waals surface area contributed by atoms with Crippen molar-refractivity contribution in [3.05, 3.63) is 54.0 Å². The van der Waals surface area contributed by atoms with Crippen LogP contribution in [0.4, 0.5) is 5.82 Å². The van der Waals surface area contributed by atoms with E-state index in [0.717, 1.165) is 31.1 Å². The molecule has 2 aromatic rings. The second-order valence-corrected chi connectivity index (χ2v) is 7.72. The molecule has 25 heavy (non-hydrogen) atoms. The highest BCUT2D eigenvalue weighted by Gasteiger charge is 2.37. The summed E-state index contributed by atoms with van der Waals surface area (Å²) >= 11 is 0. The topological polar surface area (TPSA) is 32.3 Å². The minimum atomic E-state index is 0.556. The van der Waals surface area contributed by atoms with E-state index in [1.807, 2.05) is 12.3 Å². The Hall–Kier alpha value is -1.94. The number of rotatable bonds is 3. The van der Waals surface area contributed by atoms with E-state index in [4.69, 9.17) is 4.98 Å². The number of nitrogens with zero attached hydrogens (tertiary/aromatic N) is 4. The molecule has 0 unspecified atom stereocenters. The van der Waals surface area contributed by atoms with Crippen LogP contribution in [0.3, 0.4) is 0 Å². The lowest BCUT2D eigenvalue weighted by molar-refractivity contribution is 0.0750. The van der Waals surface area contributed by atoms with Crippen molar-refractivity contribution in [3.63, 3.8) is 0 Å². The van der Waals surface area contributed by atoms with Crippen LogP contribution in [-0.4, -0.2) is 41.0 Å². The fourth-order valence-electron chi connectivity index (χ4n) is 4.32. The smallest absolute Gasteiger partial charge is 0.128 e. The molecule has 0 N–H and O–H groups in total. The molecule has 2 saturated heterocycles. The third-order valence-electron chi connectivity index (χ3n) is 6.05. The standard InChI is InChI=1S/C21H28N4/c1-18-5-4-7-20(23-18)25-15-10-21(11-16-25)8-13-24(14-9-21)17-19-6-2-3-12-22-19/h2-7,12H,8-11,13-17H2,1H3. The molecule has 4 nitrogen and oxygen atoms in total. The molecule has 2 aliphatic rings. The van der Waals surface area contributed by atoms with Crippen LogP contribution in [0, 0.1) is 12.3 Å². The van der Waals surface area contributed by atoms with Gasteiger partial charge in [0, 0.05) is 31.5 Å². The first-order chi connectivity index (χ1) is 12.2. The molecule has 0 radical (unpaired) electrons. The Morgan fingerprint density at radius 1 is 0.920 bits per heavy atom. The van der Waals surface area contributed by atoms with Gasteiger partial charge in [0.05, 0.1) is 5.69 Å². The summed E-state index contributed by atoms with van der Waals surface area (Å²) in [5.74, 6) is 1.16. The van der Waals surface area contributed by atoms with Gasteiger partial charge in [-0.15, -0.1) is 0 Å². The van der Waals surface area contributed by atoms with Crippen molar-refractivity contribution in [1.29, 1.82) is 0 Å². The van der Waals surface area contributed by atoms with Gasteiger partial charge in [-0.3, -0.25) is 9.88 Å². The number of likely N-dealkylation sites (tertiary alicyclic amines) is 1. The van der Waals surface area contributed by atoms with Crippen LogP contribution in [0.5, 0.6) is 0 Å². The molecule has 2 aromatic heterocycles. The largest absolute Gasteiger partial charge is 0.357 e. The number of anilines is 1. The van der Waals surface area contributed by atoms with E-state index in [9.17, 15) is 0 Å². The first-order valence-corrected chi connectivity index (χ1v) is 9.53. The highest BCUT2D eigenvalue weighted by molar-refractivity contribution is 5.39. The summed E-state index contributed by atoms with van der Waals surface area (Å²) in [4.78, 5) is 14.2. The van der Waals surface area contributed by atoms with Gasteiger partial charge in [0.1, 0.15) is 5.82 Å². The second-order valence-electron chi connectivity index (χ2n) is 7.72. The molecule has 4 rings (SSSR count). The monoisotopic (exact) mass is 336 g/mol. The summed E-state index contributed by atoms with van der Waals surface area (Å²) in [5, 5.41) is 0. The molecule has 1 spiro atoms. The second kappa shape index (κ2) is 7.12. The maximum Gasteiger partial charge on any atom is 0.128 e. The number of piperidine rings is 2. The molecule has 0 bridgehead atoms. The maximum atomic E-state index is 4.70. The zero-order chi connectivity index (χ0) is 17.1. The average molecular weight is 336 g/mol. The van der Waals surface area contributed by atoms with E-state index in [2.05, 4.69) is 52.0 Å². The van der Waals surface area contributed by atoms with Crippen LogP contribution in [0.25, 0.3) is 0 Å². The molecule has 0 aliphatic carbocycles. The van der Waals surface area contributed by atoms with Crippen LogP contribution >= 0.6 is 0 Å². The van der Waals surface area contributed by atoms with Crippen molar-refractivity contribution in [2.24, 2.45) is 5.41 Å². The Balaban J connectivity index is 1.31. The maximum absolute atomic E-state index is 4.70. The fourth-order valence-corrected chi connectivity index (χ4v) is 4.32. The van der Waals surface area contributed by atoms with Crippen molar-refractivity contribution in [2.75, 3.05) is 31.1 Å². The summed E-state index contributed by atoms with van der Waals surface area (Å²) in [7, 11) is 0. The summed E-state index contributed by atoms with van der Waals surface area (Å²) in [5.41, 5.74) is 2.86. The van der Waals surface area contributed by atoms with E-state index >= 15 is 0 Å². The lowest BCUT2D eigenvalue weighted by Crippen LogP contribution is -2.46. The van der Waals surface area contributed by atoms with Gasteiger partial charge in [-0.2, -0.15) is 0 Å². The Morgan fingerprint density at radius 2 is 1.68 bits per heavy atom. The third-order valence-corrected chi connectivity index (χ3v) is 6.05. The molecule has 2 fully saturated rings. The summed E-state index contributed by atoms with van der Waals surface area (Å²) in [6, 6.07) is 12.6. The van der Waals surface area contributed by atoms with Crippen molar-refractivity contribution in [1.82, 2.24) is 14.9 Å². The number of hydrogen-bond donors (Lipinski definition) is 0. The van der Waals surface area contributed by atoms with Crippen molar-refractivity contribution >= 4 is 5.82 Å². The minimum Gasteiger partial charge on any atom is -0.357 e. The Bertz CT molecular complexity index is 682. The quantitative estimate of drug-likeness (QED) is 0.856. The molecule has 4 heteroatoms. The molecule has 0 atom stereocenters. The predicted octanol–water partition coefficient (Wildman–Crippen LogP) is 3.67. The number of hydrogen-bond acceptors (Lipinski definition) is 4. The van der Waals surface area contributed by atoms with Crippen LogP contribution in [-0.2, 0) is 6.54 Å². The number of aryl methyl sites for hydroxylation is 1. The zero-order valence-electron chi connectivity index (χ0n) is 15.2. The molecular weight excluding hydrogens is 308 g/mol. The lowest BCUT2D eigenvalue weighted by atomic mass is 9.71. The zero-order valence-corrected chi connectivity index (χ0v) is 15.2. The number of aromatic nitrogens is 2. The average Bonchev–Trinajstić information content (AvgIpc) is 2.65. The molecule has 0 saturated carbocycles. The molecule has 4 heterocycles. The molecular formula is C21H28N4. The van der Waals surface area contributed by atoms with Gasteiger partial charge >= 0.3 is 0 Å². The summed E-state index contributed by atoms with van der Waals surface area (Å²) in [6.07, 6.45) is 7.17. The lowest BCUT2D eigenvalue weighted by Gasteiger charge is -2.47. The molecule has 2 aliphatic heterocycles. The Labute approximate surface area is 150 Å². The predicted molar refractivity (Wildman–Crippen MR) is 102 cm³/mol. The van der Waals surface area contributed by atoms with Crippen LogP contribution < -0.4 is 4.90 Å². The highest BCUT2D eigenvalue weighted by atomic mass is 15.2. The van der Waals surface area contributed by atoms with Gasteiger partial charge in [0.25, 0.3) is 0 Å². The van der Waals surface area contributed by atoms with Gasteiger partial charge < -0.3 is 4.90 Å². The molecule has 132 valence electrons. The van der Waals surface area contributed by atoms with Gasteiger partial charge in [-0.25, -0.2) is 4.98 Å². The normalized spacial score (nSPS) is 20.8. The summed E-state index contributed by atoms with van der Waals surface area (Å²) < 4.78 is 0. The van der Waals surface area contributed by atoms with E-state index in [-0.39, 0.29) is 0 Å². The Kier molecular flexibility index (Phi) is 4.71. The number of pyridine rings is 2. The molecule has 0 amide bonds. The van der Waals surface area contributed by atoms with E-state index in [0.29, 0.717) is 5.41 Å². The van der Waals surface area contributed by atoms with E-state index in [1.54, 1.807) is 0 Å². The van der Waals surface area contributed by atoms with Crippen LogP contribution in [0.2, 0.25) is 0 Å². The fraction of sp³-hybridized carbons (Fsp3) is 0.524. The summed E-state index contributed by atoms with van der Waals surface area (Å²) in [6.45, 7) is 7.79. The molecule has 0 aromatic carbocycles.